The Kier molecular flexibility index (Phi) is 3.91. The van der Waals surface area contributed by atoms with Gasteiger partial charge in [-0.1, -0.05) is 0 Å². The van der Waals surface area contributed by atoms with Crippen molar-refractivity contribution < 1.29 is 4.79 Å². The molecule has 1 aliphatic heterocycles. The van der Waals surface area contributed by atoms with Crippen LogP contribution in [-0.2, 0) is 4.79 Å². The molecule has 98 valence electrons. The molecule has 1 aromatic rings. The molecule has 1 atom stereocenters. The molecule has 5 nitrogen and oxygen atoms in total. The van der Waals surface area contributed by atoms with Gasteiger partial charge >= 0.3 is 0 Å². The van der Waals surface area contributed by atoms with E-state index in [4.69, 9.17) is 5.73 Å². The number of carbonyl (C=O) groups is 1. The average Bonchev–Trinajstić information content (AvgIpc) is 2.27. The third-order valence-electron chi connectivity index (χ3n) is 3.25. The van der Waals surface area contributed by atoms with Crippen LogP contribution in [0.4, 0.5) is 0 Å². The number of carbonyl (C=O) groups excluding carboxylic acids is 1. The first-order valence-electron chi connectivity index (χ1n) is 6.37. The van der Waals surface area contributed by atoms with Gasteiger partial charge in [-0.2, -0.15) is 0 Å². The number of aromatic nitrogens is 2. The molecule has 1 aliphatic rings. The summed E-state index contributed by atoms with van der Waals surface area (Å²) in [6, 6.07) is 1.98. The van der Waals surface area contributed by atoms with Crippen LogP contribution in [0.15, 0.2) is 6.07 Å². The second-order valence-corrected chi connectivity index (χ2v) is 5.05. The number of primary amides is 1. The summed E-state index contributed by atoms with van der Waals surface area (Å²) in [7, 11) is 0. The smallest absolute Gasteiger partial charge is 0.231 e. The molecule has 5 heteroatoms. The molecule has 1 fully saturated rings. The predicted octanol–water partition coefficient (Wildman–Crippen LogP) is 0.758. The number of aryl methyl sites for hydroxylation is 2. The maximum absolute atomic E-state index is 11.0. The van der Waals surface area contributed by atoms with Crippen molar-refractivity contribution in [1.82, 2.24) is 14.9 Å². The van der Waals surface area contributed by atoms with Gasteiger partial charge in [-0.15, -0.1) is 0 Å². The fourth-order valence-corrected chi connectivity index (χ4v) is 2.57. The van der Waals surface area contributed by atoms with Crippen LogP contribution in [0.1, 0.15) is 36.0 Å². The highest BCUT2D eigenvalue weighted by molar-refractivity contribution is 5.75. The molecule has 0 aromatic carbocycles. The molecule has 0 bridgehead atoms. The van der Waals surface area contributed by atoms with Crippen molar-refractivity contribution in [3.05, 3.63) is 23.3 Å². The van der Waals surface area contributed by atoms with Crippen LogP contribution < -0.4 is 5.73 Å². The highest BCUT2D eigenvalue weighted by atomic mass is 16.1. The Labute approximate surface area is 107 Å². The zero-order valence-corrected chi connectivity index (χ0v) is 11.0. The zero-order valence-electron chi connectivity index (χ0n) is 11.0. The molecule has 1 saturated heterocycles. The SMILES string of the molecule is Cc1cc(C)nc(C2CCCN(CC(N)=O)C2)n1. The fraction of sp³-hybridized carbons (Fsp3) is 0.615. The van der Waals surface area contributed by atoms with Gasteiger partial charge in [0.2, 0.25) is 5.91 Å². The van der Waals surface area contributed by atoms with Crippen molar-refractivity contribution in [2.45, 2.75) is 32.6 Å². The molecule has 0 spiro atoms. The lowest BCUT2D eigenvalue weighted by molar-refractivity contribution is -0.119. The van der Waals surface area contributed by atoms with Crippen molar-refractivity contribution in [3.8, 4) is 0 Å². The fourth-order valence-electron chi connectivity index (χ4n) is 2.57. The second kappa shape index (κ2) is 5.44. The van der Waals surface area contributed by atoms with E-state index in [-0.39, 0.29) is 5.91 Å². The van der Waals surface area contributed by atoms with E-state index < -0.39 is 0 Å². The van der Waals surface area contributed by atoms with Gasteiger partial charge in [-0.3, -0.25) is 9.69 Å². The number of hydrogen-bond donors (Lipinski definition) is 1. The highest BCUT2D eigenvalue weighted by Crippen LogP contribution is 2.24. The van der Waals surface area contributed by atoms with Crippen LogP contribution in [-0.4, -0.2) is 40.4 Å². The van der Waals surface area contributed by atoms with Gasteiger partial charge in [-0.25, -0.2) is 9.97 Å². The molecule has 2 heterocycles. The van der Waals surface area contributed by atoms with E-state index in [1.165, 1.54) is 0 Å². The maximum atomic E-state index is 11.0. The molecular weight excluding hydrogens is 228 g/mol. The normalized spacial score (nSPS) is 20.9. The summed E-state index contributed by atoms with van der Waals surface area (Å²) in [5, 5.41) is 0. The van der Waals surface area contributed by atoms with Crippen molar-refractivity contribution >= 4 is 5.91 Å². The number of amides is 1. The van der Waals surface area contributed by atoms with Gasteiger partial charge in [0.05, 0.1) is 6.54 Å². The Morgan fingerprint density at radius 1 is 1.44 bits per heavy atom. The van der Waals surface area contributed by atoms with E-state index in [1.54, 1.807) is 0 Å². The van der Waals surface area contributed by atoms with Gasteiger partial charge < -0.3 is 5.73 Å². The minimum atomic E-state index is -0.267. The number of nitrogens with zero attached hydrogens (tertiary/aromatic N) is 3. The molecular formula is C13H20N4O. The monoisotopic (exact) mass is 248 g/mol. The van der Waals surface area contributed by atoms with E-state index in [1.807, 2.05) is 19.9 Å². The summed E-state index contributed by atoms with van der Waals surface area (Å²) in [5.74, 6) is 0.954. The maximum Gasteiger partial charge on any atom is 0.231 e. The zero-order chi connectivity index (χ0) is 13.1. The standard InChI is InChI=1S/C13H20N4O/c1-9-6-10(2)16-13(15-9)11-4-3-5-17(7-11)8-12(14)18/h6,11H,3-5,7-8H2,1-2H3,(H2,14,18). The molecule has 2 rings (SSSR count). The van der Waals surface area contributed by atoms with E-state index in [2.05, 4.69) is 14.9 Å². The largest absolute Gasteiger partial charge is 0.369 e. The summed E-state index contributed by atoms with van der Waals surface area (Å²) in [6.07, 6.45) is 2.15. The third kappa shape index (κ3) is 3.26. The van der Waals surface area contributed by atoms with Crippen LogP contribution in [0.5, 0.6) is 0 Å². The quantitative estimate of drug-likeness (QED) is 0.857. The molecule has 1 unspecified atom stereocenters. The summed E-state index contributed by atoms with van der Waals surface area (Å²) in [4.78, 5) is 22.1. The van der Waals surface area contributed by atoms with Crippen LogP contribution >= 0.6 is 0 Å². The number of nitrogens with two attached hydrogens (primary N) is 1. The number of hydrogen-bond acceptors (Lipinski definition) is 4. The molecule has 1 aromatic heterocycles. The van der Waals surface area contributed by atoms with Crippen molar-refractivity contribution in [2.24, 2.45) is 5.73 Å². The third-order valence-corrected chi connectivity index (χ3v) is 3.25. The molecule has 2 N–H and O–H groups in total. The summed E-state index contributed by atoms with van der Waals surface area (Å²) >= 11 is 0. The van der Waals surface area contributed by atoms with Gasteiger partial charge in [-0.05, 0) is 39.3 Å². The molecule has 18 heavy (non-hydrogen) atoms. The van der Waals surface area contributed by atoms with Crippen LogP contribution in [0, 0.1) is 13.8 Å². The Morgan fingerprint density at radius 2 is 2.11 bits per heavy atom. The molecule has 1 amide bonds. The number of likely N-dealkylation sites (tertiary alicyclic amines) is 1. The Bertz CT molecular complexity index is 426. The van der Waals surface area contributed by atoms with Gasteiger partial charge in [0.1, 0.15) is 5.82 Å². The first kappa shape index (κ1) is 13.0. The predicted molar refractivity (Wildman–Crippen MR) is 69.1 cm³/mol. The topological polar surface area (TPSA) is 72.1 Å². The van der Waals surface area contributed by atoms with Gasteiger partial charge in [0.15, 0.2) is 0 Å². The van der Waals surface area contributed by atoms with Crippen LogP contribution in [0.3, 0.4) is 0 Å². The lowest BCUT2D eigenvalue weighted by Crippen LogP contribution is -2.40. The number of piperidine rings is 1. The van der Waals surface area contributed by atoms with E-state index in [0.29, 0.717) is 12.5 Å². The second-order valence-electron chi connectivity index (χ2n) is 5.05. The van der Waals surface area contributed by atoms with E-state index in [0.717, 1.165) is 43.1 Å². The first-order chi connectivity index (χ1) is 8.54. The highest BCUT2D eigenvalue weighted by Gasteiger charge is 2.24. The van der Waals surface area contributed by atoms with Gasteiger partial charge in [0.25, 0.3) is 0 Å². The Hall–Kier alpha value is -1.49. The molecule has 0 aliphatic carbocycles. The number of rotatable bonds is 3. The van der Waals surface area contributed by atoms with E-state index >= 15 is 0 Å². The summed E-state index contributed by atoms with van der Waals surface area (Å²) < 4.78 is 0. The first-order valence-corrected chi connectivity index (χ1v) is 6.37. The minimum absolute atomic E-state index is 0.267. The van der Waals surface area contributed by atoms with Crippen LogP contribution in [0.2, 0.25) is 0 Å². The Morgan fingerprint density at radius 3 is 2.72 bits per heavy atom. The van der Waals surface area contributed by atoms with Crippen LogP contribution in [0.25, 0.3) is 0 Å². The van der Waals surface area contributed by atoms with Crippen molar-refractivity contribution in [2.75, 3.05) is 19.6 Å². The lowest BCUT2D eigenvalue weighted by atomic mass is 9.97. The molecule has 0 saturated carbocycles. The van der Waals surface area contributed by atoms with Crippen molar-refractivity contribution in [3.63, 3.8) is 0 Å². The average molecular weight is 248 g/mol. The summed E-state index contributed by atoms with van der Waals surface area (Å²) in [5.41, 5.74) is 7.25. The van der Waals surface area contributed by atoms with E-state index in [9.17, 15) is 4.79 Å². The van der Waals surface area contributed by atoms with Crippen molar-refractivity contribution in [1.29, 1.82) is 0 Å². The summed E-state index contributed by atoms with van der Waals surface area (Å²) in [6.45, 7) is 6.07. The molecule has 0 radical (unpaired) electrons. The minimum Gasteiger partial charge on any atom is -0.369 e. The Balaban J connectivity index is 2.10. The lowest BCUT2D eigenvalue weighted by Gasteiger charge is -2.31. The van der Waals surface area contributed by atoms with Gasteiger partial charge in [0, 0.05) is 23.9 Å².